The van der Waals surface area contributed by atoms with Crippen molar-refractivity contribution in [3.63, 3.8) is 0 Å². The summed E-state index contributed by atoms with van der Waals surface area (Å²) < 4.78 is 28.4. The highest BCUT2D eigenvalue weighted by Gasteiger charge is 2.64. The third-order valence-corrected chi connectivity index (χ3v) is 6.84. The molecule has 1 amide bonds. The monoisotopic (exact) mass is 460 g/mol. The SMILES string of the molecule is C[C@@H]1C(C(C)(C)C)[C@](Cc2nc(Cl)c(F)cc2F)(C(=O)O)C(C(C)(C)C)CN1C(=O)O. The van der Waals surface area contributed by atoms with E-state index in [9.17, 15) is 28.6 Å². The van der Waals surface area contributed by atoms with Crippen molar-refractivity contribution in [2.75, 3.05) is 6.54 Å². The van der Waals surface area contributed by atoms with Gasteiger partial charge in [-0.2, -0.15) is 0 Å². The molecule has 9 heteroatoms. The fourth-order valence-electron chi connectivity index (χ4n) is 5.62. The first kappa shape index (κ1) is 25.3. The van der Waals surface area contributed by atoms with Gasteiger partial charge in [0.15, 0.2) is 11.0 Å². The van der Waals surface area contributed by atoms with Gasteiger partial charge in [-0.1, -0.05) is 53.1 Å². The summed E-state index contributed by atoms with van der Waals surface area (Å²) in [4.78, 5) is 30.2. The number of pyridine rings is 1. The first-order chi connectivity index (χ1) is 13.9. The van der Waals surface area contributed by atoms with Crippen LogP contribution in [0, 0.1) is 39.7 Å². The average molecular weight is 461 g/mol. The van der Waals surface area contributed by atoms with Crippen LogP contribution in [0.5, 0.6) is 0 Å². The normalized spacial score (nSPS) is 27.3. The summed E-state index contributed by atoms with van der Waals surface area (Å²) in [6, 6.07) is -0.0556. The number of carboxylic acid groups (broad SMARTS) is 2. The number of piperidine rings is 1. The zero-order valence-electron chi connectivity index (χ0n) is 19.0. The summed E-state index contributed by atoms with van der Waals surface area (Å²) in [7, 11) is 0. The summed E-state index contributed by atoms with van der Waals surface area (Å²) >= 11 is 5.79. The molecule has 0 aliphatic carbocycles. The fraction of sp³-hybridized carbons (Fsp3) is 0.682. The van der Waals surface area contributed by atoms with Gasteiger partial charge in [0.2, 0.25) is 0 Å². The molecule has 2 N–H and O–H groups in total. The Morgan fingerprint density at radius 3 is 2.13 bits per heavy atom. The van der Waals surface area contributed by atoms with Crippen LogP contribution in [0.2, 0.25) is 5.15 Å². The van der Waals surface area contributed by atoms with Crippen molar-refractivity contribution in [2.45, 2.75) is 60.9 Å². The number of carboxylic acids is 1. The van der Waals surface area contributed by atoms with E-state index in [4.69, 9.17) is 11.6 Å². The molecule has 2 heterocycles. The van der Waals surface area contributed by atoms with Crippen LogP contribution in [-0.2, 0) is 11.2 Å². The van der Waals surface area contributed by atoms with Gasteiger partial charge in [-0.05, 0) is 23.7 Å². The van der Waals surface area contributed by atoms with E-state index in [1.54, 1.807) is 6.92 Å². The van der Waals surface area contributed by atoms with Gasteiger partial charge in [-0.3, -0.25) is 4.79 Å². The summed E-state index contributed by atoms with van der Waals surface area (Å²) in [6.07, 6.45) is -1.47. The molecule has 0 bridgehead atoms. The molecule has 0 aromatic carbocycles. The number of nitrogens with zero attached hydrogens (tertiary/aromatic N) is 2. The van der Waals surface area contributed by atoms with Gasteiger partial charge in [0, 0.05) is 31.0 Å². The maximum absolute atomic E-state index is 14.7. The molecule has 4 atom stereocenters. The minimum atomic E-state index is -1.57. The lowest BCUT2D eigenvalue weighted by Crippen LogP contribution is -2.68. The van der Waals surface area contributed by atoms with E-state index < -0.39 is 63.0 Å². The second kappa shape index (κ2) is 8.19. The Kier molecular flexibility index (Phi) is 6.68. The summed E-state index contributed by atoms with van der Waals surface area (Å²) in [6.45, 7) is 12.7. The van der Waals surface area contributed by atoms with Gasteiger partial charge in [0.05, 0.1) is 11.1 Å². The Bertz CT molecular complexity index is 881. The lowest BCUT2D eigenvalue weighted by molar-refractivity contribution is -0.184. The maximum atomic E-state index is 14.7. The van der Waals surface area contributed by atoms with Gasteiger partial charge in [0.25, 0.3) is 0 Å². The van der Waals surface area contributed by atoms with Crippen LogP contribution in [0.15, 0.2) is 6.07 Å². The van der Waals surface area contributed by atoms with Crippen molar-refractivity contribution < 1.29 is 28.6 Å². The highest BCUT2D eigenvalue weighted by atomic mass is 35.5. The number of amides is 1. The third kappa shape index (κ3) is 4.49. The molecule has 1 aromatic heterocycles. The molecule has 0 spiro atoms. The Hall–Kier alpha value is -1.96. The number of rotatable bonds is 3. The molecular weight excluding hydrogens is 430 g/mol. The van der Waals surface area contributed by atoms with Gasteiger partial charge in [0.1, 0.15) is 5.82 Å². The lowest BCUT2D eigenvalue weighted by atomic mass is 9.48. The summed E-state index contributed by atoms with van der Waals surface area (Å²) in [5.74, 6) is -4.54. The van der Waals surface area contributed by atoms with E-state index in [-0.39, 0.29) is 18.7 Å². The minimum Gasteiger partial charge on any atom is -0.481 e. The summed E-state index contributed by atoms with van der Waals surface area (Å²) in [5.41, 5.74) is -3.11. The van der Waals surface area contributed by atoms with E-state index >= 15 is 0 Å². The van der Waals surface area contributed by atoms with E-state index in [0.717, 1.165) is 0 Å². The Morgan fingerprint density at radius 2 is 1.71 bits per heavy atom. The van der Waals surface area contributed by atoms with Crippen LogP contribution in [0.4, 0.5) is 13.6 Å². The topological polar surface area (TPSA) is 90.7 Å². The maximum Gasteiger partial charge on any atom is 0.407 e. The van der Waals surface area contributed by atoms with E-state index in [1.165, 1.54) is 4.90 Å². The van der Waals surface area contributed by atoms with E-state index in [1.807, 2.05) is 41.5 Å². The van der Waals surface area contributed by atoms with Crippen LogP contribution in [-0.4, -0.2) is 44.7 Å². The number of aromatic nitrogens is 1. The fourth-order valence-corrected chi connectivity index (χ4v) is 5.78. The Labute approximate surface area is 186 Å². The van der Waals surface area contributed by atoms with Gasteiger partial charge in [-0.25, -0.2) is 18.6 Å². The molecule has 1 fully saturated rings. The molecule has 0 radical (unpaired) electrons. The predicted octanol–water partition coefficient (Wildman–Crippen LogP) is 5.33. The van der Waals surface area contributed by atoms with Crippen LogP contribution in [0.25, 0.3) is 0 Å². The van der Waals surface area contributed by atoms with Crippen molar-refractivity contribution in [2.24, 2.45) is 28.1 Å². The lowest BCUT2D eigenvalue weighted by Gasteiger charge is -2.60. The predicted molar refractivity (Wildman–Crippen MR) is 113 cm³/mol. The highest BCUT2D eigenvalue weighted by molar-refractivity contribution is 6.29. The van der Waals surface area contributed by atoms with Crippen molar-refractivity contribution in [3.05, 3.63) is 28.5 Å². The standard InChI is InChI=1S/C22H31ClF2N2O4/c1-11-16(21(5,6)7)22(18(28)29,9-14-12(24)8-13(25)17(23)26-14)15(20(2,3)4)10-27(11)19(30)31/h8,11,15-16H,9-10H2,1-7H3,(H,28,29)(H,30,31)/t11-,15?,16?,22-/m1/s1. The Balaban J connectivity index is 2.86. The molecule has 0 saturated carbocycles. The zero-order valence-corrected chi connectivity index (χ0v) is 19.7. The minimum absolute atomic E-state index is 0.0323. The van der Waals surface area contributed by atoms with Gasteiger partial charge in [-0.15, -0.1) is 0 Å². The van der Waals surface area contributed by atoms with E-state index in [0.29, 0.717) is 6.07 Å². The Morgan fingerprint density at radius 1 is 1.16 bits per heavy atom. The summed E-state index contributed by atoms with van der Waals surface area (Å²) in [5, 5.41) is 19.9. The molecule has 31 heavy (non-hydrogen) atoms. The number of hydrogen-bond acceptors (Lipinski definition) is 3. The van der Waals surface area contributed by atoms with Crippen molar-refractivity contribution in [1.29, 1.82) is 0 Å². The molecular formula is C22H31ClF2N2O4. The number of likely N-dealkylation sites (tertiary alicyclic amines) is 1. The van der Waals surface area contributed by atoms with Gasteiger partial charge < -0.3 is 15.1 Å². The van der Waals surface area contributed by atoms with Crippen molar-refractivity contribution in [1.82, 2.24) is 9.88 Å². The van der Waals surface area contributed by atoms with E-state index in [2.05, 4.69) is 4.98 Å². The van der Waals surface area contributed by atoms with Crippen molar-refractivity contribution in [3.8, 4) is 0 Å². The van der Waals surface area contributed by atoms with Crippen molar-refractivity contribution >= 4 is 23.7 Å². The van der Waals surface area contributed by atoms with Crippen LogP contribution in [0.1, 0.15) is 54.2 Å². The highest BCUT2D eigenvalue weighted by Crippen LogP contribution is 2.58. The number of halogens is 3. The molecule has 2 unspecified atom stereocenters. The van der Waals surface area contributed by atoms with Gasteiger partial charge >= 0.3 is 12.1 Å². The number of aliphatic carboxylic acids is 1. The quantitative estimate of drug-likeness (QED) is 0.594. The third-order valence-electron chi connectivity index (χ3n) is 6.57. The molecule has 1 aliphatic heterocycles. The van der Waals surface area contributed by atoms with Crippen LogP contribution >= 0.6 is 11.6 Å². The average Bonchev–Trinajstić information content (AvgIpc) is 2.56. The largest absolute Gasteiger partial charge is 0.481 e. The number of hydrogen-bond donors (Lipinski definition) is 2. The second-order valence-electron chi connectivity index (χ2n) is 10.6. The first-order valence-corrected chi connectivity index (χ1v) is 10.6. The molecule has 1 saturated heterocycles. The number of carbonyl (C=O) groups is 2. The zero-order chi connectivity index (χ0) is 24.1. The first-order valence-electron chi connectivity index (χ1n) is 10.2. The van der Waals surface area contributed by atoms with Crippen LogP contribution in [0.3, 0.4) is 0 Å². The second-order valence-corrected chi connectivity index (χ2v) is 11.0. The molecule has 1 aliphatic rings. The molecule has 6 nitrogen and oxygen atoms in total. The smallest absolute Gasteiger partial charge is 0.407 e. The molecule has 2 rings (SSSR count). The van der Waals surface area contributed by atoms with Crippen LogP contribution < -0.4 is 0 Å². The molecule has 1 aromatic rings. The molecule has 174 valence electrons.